The second kappa shape index (κ2) is 14.5. The second-order valence-electron chi connectivity index (χ2n) is 7.94. The molecule has 0 aliphatic heterocycles. The van der Waals surface area contributed by atoms with Gasteiger partial charge in [-0.05, 0) is 36.3 Å². The van der Waals surface area contributed by atoms with Crippen molar-refractivity contribution in [1.29, 1.82) is 0 Å². The van der Waals surface area contributed by atoms with Crippen LogP contribution in [-0.2, 0) is 10.0 Å². The van der Waals surface area contributed by atoms with Crippen LogP contribution in [0.5, 0.6) is 23.1 Å². The van der Waals surface area contributed by atoms with Crippen molar-refractivity contribution in [2.45, 2.75) is 19.8 Å². The number of aromatic nitrogens is 4. The first kappa shape index (κ1) is 30.7. The van der Waals surface area contributed by atoms with E-state index in [0.29, 0.717) is 24.3 Å². The smallest absolute Gasteiger partial charge is 1.00 e. The van der Waals surface area contributed by atoms with Gasteiger partial charge in [-0.2, -0.15) is 4.98 Å². The van der Waals surface area contributed by atoms with E-state index >= 15 is 0 Å². The molecule has 4 rings (SSSR count). The average molecular weight is 574 g/mol. The van der Waals surface area contributed by atoms with E-state index < -0.39 is 10.0 Å². The van der Waals surface area contributed by atoms with Crippen LogP contribution in [-0.4, -0.2) is 42.6 Å². The quantitative estimate of drug-likeness (QED) is 0.269. The molecule has 0 aliphatic carbocycles. The second-order valence-corrected chi connectivity index (χ2v) is 9.67. The molecule has 10 nitrogen and oxygen atoms in total. The Morgan fingerprint density at radius 2 is 1.56 bits per heavy atom. The zero-order valence-electron chi connectivity index (χ0n) is 23.2. The van der Waals surface area contributed by atoms with Crippen molar-refractivity contribution in [2.24, 2.45) is 0 Å². The number of ether oxygens (including phenoxy) is 3. The van der Waals surface area contributed by atoms with E-state index in [9.17, 15) is 8.42 Å². The number of allylic oxidation sites excluding steroid dienone is 1. The topological polar surface area (TPSA) is 125 Å². The van der Waals surface area contributed by atoms with Crippen LogP contribution in [0.1, 0.15) is 26.8 Å². The maximum Gasteiger partial charge on any atom is 1.00 e. The zero-order chi connectivity index (χ0) is 27.0. The van der Waals surface area contributed by atoms with E-state index in [1.165, 1.54) is 26.6 Å². The molecule has 4 aromatic rings. The normalized spacial score (nSPS) is 11.3. The molecule has 0 amide bonds. The molecule has 0 bridgehead atoms. The first-order valence-electron chi connectivity index (χ1n) is 11.8. The van der Waals surface area contributed by atoms with Gasteiger partial charge in [-0.1, -0.05) is 55.8 Å². The van der Waals surface area contributed by atoms with Crippen LogP contribution < -0.4 is 70.3 Å². The third-order valence-corrected chi connectivity index (χ3v) is 6.75. The van der Waals surface area contributed by atoms with Gasteiger partial charge in [0.2, 0.25) is 11.6 Å². The third kappa shape index (κ3) is 7.84. The Balaban J connectivity index is 0.00000280. The van der Waals surface area contributed by atoms with Crippen LogP contribution >= 0.6 is 0 Å². The van der Waals surface area contributed by atoms with Gasteiger partial charge in [0, 0.05) is 12.4 Å². The predicted molar refractivity (Wildman–Crippen MR) is 146 cm³/mol. The minimum absolute atomic E-state index is 0. The summed E-state index contributed by atoms with van der Waals surface area (Å²) in [5.74, 6) is 0.774. The zero-order valence-corrected chi connectivity index (χ0v) is 26.1. The molecule has 2 aromatic heterocycles. The fourth-order valence-electron chi connectivity index (χ4n) is 3.52. The number of anilines is 1. The van der Waals surface area contributed by atoms with Gasteiger partial charge >= 0.3 is 51.4 Å². The number of hydrogen-bond donors (Lipinski definition) is 1. The monoisotopic (exact) mass is 573 g/mol. The van der Waals surface area contributed by atoms with Gasteiger partial charge in [-0.25, -0.2) is 23.4 Å². The number of nitrogens with zero attached hydrogens (tertiary/aromatic N) is 4. The Kier molecular flexibility index (Phi) is 11.4. The molecule has 0 aliphatic rings. The summed E-state index contributed by atoms with van der Waals surface area (Å²) in [5.41, 5.74) is 0.755. The molecule has 0 fully saturated rings. The van der Waals surface area contributed by atoms with Crippen LogP contribution in [0.3, 0.4) is 0 Å². The summed E-state index contributed by atoms with van der Waals surface area (Å²) in [6.07, 6.45) is 5.61. The first-order chi connectivity index (χ1) is 18.4. The third-order valence-electron chi connectivity index (χ3n) is 5.27. The Labute approximate surface area is 271 Å². The molecule has 1 N–H and O–H groups in total. The number of rotatable bonds is 11. The van der Waals surface area contributed by atoms with Crippen LogP contribution in [0.4, 0.5) is 5.82 Å². The molecule has 2 aromatic carbocycles. The summed E-state index contributed by atoms with van der Waals surface area (Å²) in [6.45, 7) is 1.91. The summed E-state index contributed by atoms with van der Waals surface area (Å²) in [7, 11) is -1.18. The number of benzene rings is 2. The summed E-state index contributed by atoms with van der Waals surface area (Å²) >= 11 is 0. The standard InChI is InChI=1S/C27H27N5O5S.K.H/c1-4-11-20(18-19-12-6-5-7-13-19)38(33,34)32-24-23(37-22-15-9-8-14-21(22)35-2)27(36-3)31-26(30-24)25-28-16-10-17-29-25;;/h5-10,12-18H,4,11H2,1-3H3,(H,30,31,32);;/q;+1;-1. The summed E-state index contributed by atoms with van der Waals surface area (Å²) in [5, 5.41) is 0. The summed E-state index contributed by atoms with van der Waals surface area (Å²) < 4.78 is 46.9. The largest absolute Gasteiger partial charge is 1.00 e. The van der Waals surface area contributed by atoms with Gasteiger partial charge < -0.3 is 15.6 Å². The Bertz CT molecular complexity index is 1530. The molecule has 198 valence electrons. The predicted octanol–water partition coefficient (Wildman–Crippen LogP) is 2.44. The van der Waals surface area contributed by atoms with E-state index in [1.54, 1.807) is 36.4 Å². The van der Waals surface area contributed by atoms with Crippen molar-refractivity contribution in [1.82, 2.24) is 19.9 Å². The average Bonchev–Trinajstić information content (AvgIpc) is 2.94. The molecule has 0 atom stereocenters. The van der Waals surface area contributed by atoms with E-state index in [2.05, 4.69) is 24.7 Å². The van der Waals surface area contributed by atoms with Crippen molar-refractivity contribution >= 4 is 21.9 Å². The van der Waals surface area contributed by atoms with Crippen LogP contribution in [0.2, 0.25) is 0 Å². The first-order valence-corrected chi connectivity index (χ1v) is 13.3. The van der Waals surface area contributed by atoms with Gasteiger partial charge in [0.1, 0.15) is 0 Å². The van der Waals surface area contributed by atoms with Crippen molar-refractivity contribution in [2.75, 3.05) is 18.9 Å². The van der Waals surface area contributed by atoms with E-state index in [1.807, 2.05) is 37.3 Å². The SMILES string of the molecule is CCCC(=Cc1ccccc1)S(=O)(=O)Nc1nc(-c2ncccn2)nc(OC)c1Oc1ccccc1OC.[H-].[K+]. The molecule has 0 saturated carbocycles. The summed E-state index contributed by atoms with van der Waals surface area (Å²) in [6, 6.07) is 17.8. The molecule has 0 unspecified atom stereocenters. The van der Waals surface area contributed by atoms with E-state index in [0.717, 1.165) is 5.56 Å². The molecule has 0 spiro atoms. The van der Waals surface area contributed by atoms with Crippen LogP contribution in [0.15, 0.2) is 78.0 Å². The number of hydrogen-bond acceptors (Lipinski definition) is 9. The molecule has 2 heterocycles. The minimum atomic E-state index is -4.08. The Hall–Kier alpha value is -2.87. The Morgan fingerprint density at radius 1 is 0.897 bits per heavy atom. The van der Waals surface area contributed by atoms with Crippen molar-refractivity contribution in [3.05, 3.63) is 83.5 Å². The molecule has 0 saturated heterocycles. The fourth-order valence-corrected chi connectivity index (χ4v) is 4.80. The number of para-hydroxylation sites is 2. The van der Waals surface area contributed by atoms with Crippen LogP contribution in [0, 0.1) is 0 Å². The molecule has 0 radical (unpaired) electrons. The maximum absolute atomic E-state index is 13.7. The van der Waals surface area contributed by atoms with Gasteiger partial charge in [0.05, 0.1) is 19.1 Å². The maximum atomic E-state index is 13.7. The molecular formula is C27H28KN5O5S. The van der Waals surface area contributed by atoms with Crippen molar-refractivity contribution < 1.29 is 75.4 Å². The van der Waals surface area contributed by atoms with Gasteiger partial charge in [-0.3, -0.25) is 4.72 Å². The van der Waals surface area contributed by atoms with Crippen LogP contribution in [0.25, 0.3) is 17.7 Å². The number of sulfonamides is 1. The number of nitrogens with one attached hydrogen (secondary N) is 1. The number of methoxy groups -OCH3 is 2. The minimum Gasteiger partial charge on any atom is -1.00 e. The Morgan fingerprint density at radius 3 is 2.21 bits per heavy atom. The van der Waals surface area contributed by atoms with E-state index in [-0.39, 0.29) is 86.8 Å². The van der Waals surface area contributed by atoms with E-state index in [4.69, 9.17) is 14.2 Å². The van der Waals surface area contributed by atoms with Gasteiger partial charge in [-0.15, -0.1) is 0 Å². The van der Waals surface area contributed by atoms with Gasteiger partial charge in [0.25, 0.3) is 15.9 Å². The van der Waals surface area contributed by atoms with Crippen molar-refractivity contribution in [3.8, 4) is 34.8 Å². The molecule has 39 heavy (non-hydrogen) atoms. The fraction of sp³-hybridized carbons (Fsp3) is 0.185. The molecule has 12 heteroatoms. The summed E-state index contributed by atoms with van der Waals surface area (Å²) in [4.78, 5) is 17.4. The van der Waals surface area contributed by atoms with Crippen molar-refractivity contribution in [3.63, 3.8) is 0 Å². The van der Waals surface area contributed by atoms with Gasteiger partial charge in [0.15, 0.2) is 23.1 Å². The molecular weight excluding hydrogens is 545 g/mol.